The minimum absolute atomic E-state index is 0.941. The zero-order valence-electron chi connectivity index (χ0n) is 29.4. The Hall–Kier alpha value is 0. The summed E-state index contributed by atoms with van der Waals surface area (Å²) in [6.45, 7) is 12.1. The fraction of sp³-hybridized carbons (Fsp3) is 1.00. The lowest BCUT2D eigenvalue weighted by Crippen LogP contribution is -1.99. The van der Waals surface area contributed by atoms with Crippen molar-refractivity contribution < 1.29 is 0 Å². The van der Waals surface area contributed by atoms with Crippen LogP contribution < -0.4 is 0 Å². The van der Waals surface area contributed by atoms with Crippen molar-refractivity contribution in [2.24, 2.45) is 17.8 Å². The van der Waals surface area contributed by atoms with Crippen LogP contribution in [0.15, 0.2) is 0 Å². The monoisotopic (exact) mass is 563 g/mol. The van der Waals surface area contributed by atoms with E-state index < -0.39 is 0 Å². The smallest absolute Gasteiger partial charge is 0.0443 e. The molecule has 242 valence electrons. The van der Waals surface area contributed by atoms with Gasteiger partial charge in [0.15, 0.2) is 0 Å². The molecule has 0 rings (SSSR count). The van der Waals surface area contributed by atoms with Crippen molar-refractivity contribution in [3.8, 4) is 0 Å². The van der Waals surface area contributed by atoms with E-state index in [0.29, 0.717) is 0 Å². The van der Waals surface area contributed by atoms with E-state index in [1.165, 1.54) is 205 Å². The summed E-state index contributed by atoms with van der Waals surface area (Å²) < 4.78 is 0. The molecule has 0 saturated carbocycles. The Bertz CT molecular complexity index is 439. The highest BCUT2D eigenvalue weighted by Crippen LogP contribution is 2.22. The number of unbranched alkanes of at least 4 members (excludes halogenated alkanes) is 23. The first-order chi connectivity index (χ1) is 19.6. The highest BCUT2D eigenvalue weighted by atomic mass is 14.1. The van der Waals surface area contributed by atoms with Gasteiger partial charge in [-0.15, -0.1) is 0 Å². The molecule has 40 heavy (non-hydrogen) atoms. The van der Waals surface area contributed by atoms with E-state index in [0.717, 1.165) is 17.8 Å². The molecule has 0 nitrogen and oxygen atoms in total. The lowest BCUT2D eigenvalue weighted by molar-refractivity contribution is 0.389. The first-order valence-electron chi connectivity index (χ1n) is 19.6. The molecule has 0 spiro atoms. The minimum atomic E-state index is 0.941. The zero-order valence-corrected chi connectivity index (χ0v) is 29.4. The molecule has 3 unspecified atom stereocenters. The molecular formula is C40H82. The lowest BCUT2D eigenvalue weighted by Gasteiger charge is -2.14. The van der Waals surface area contributed by atoms with Crippen molar-refractivity contribution in [3.63, 3.8) is 0 Å². The lowest BCUT2D eigenvalue weighted by atomic mass is 9.92. The summed E-state index contributed by atoms with van der Waals surface area (Å²) in [6.07, 6.45) is 47.1. The van der Waals surface area contributed by atoms with Crippen molar-refractivity contribution >= 4 is 0 Å². The van der Waals surface area contributed by atoms with Crippen molar-refractivity contribution in [1.29, 1.82) is 0 Å². The average molecular weight is 563 g/mol. The summed E-state index contributed by atoms with van der Waals surface area (Å²) in [5.41, 5.74) is 0. The maximum Gasteiger partial charge on any atom is -0.0443 e. The SMILES string of the molecule is CCCCCCCCCCCCCCCCCCCCCCC(C)CCCC(C)CCCCCCCC(C)CC. The highest BCUT2D eigenvalue weighted by Gasteiger charge is 2.06. The predicted molar refractivity (Wildman–Crippen MR) is 187 cm³/mol. The maximum absolute atomic E-state index is 2.51. The Morgan fingerprint density at radius 1 is 0.250 bits per heavy atom. The second-order valence-corrected chi connectivity index (χ2v) is 14.5. The molecule has 0 aliphatic heterocycles. The first kappa shape index (κ1) is 40.0. The van der Waals surface area contributed by atoms with E-state index in [9.17, 15) is 0 Å². The molecule has 0 N–H and O–H groups in total. The van der Waals surface area contributed by atoms with Gasteiger partial charge in [0, 0.05) is 0 Å². The summed E-state index contributed by atoms with van der Waals surface area (Å²) in [6, 6.07) is 0. The average Bonchev–Trinajstić information content (AvgIpc) is 2.95. The van der Waals surface area contributed by atoms with E-state index in [2.05, 4.69) is 34.6 Å². The van der Waals surface area contributed by atoms with Gasteiger partial charge in [0.25, 0.3) is 0 Å². The fourth-order valence-corrected chi connectivity index (χ4v) is 6.57. The third kappa shape index (κ3) is 32.5. The standard InChI is InChI=1S/C40H82/c1-6-8-9-10-11-12-13-14-15-16-17-18-19-20-21-22-23-24-26-30-34-39(4)36-32-37-40(5)35-31-28-25-27-29-33-38(3)7-2/h38-40H,6-37H2,1-5H3. The molecule has 0 bridgehead atoms. The molecule has 0 heteroatoms. The van der Waals surface area contributed by atoms with Gasteiger partial charge in [-0.2, -0.15) is 0 Å². The highest BCUT2D eigenvalue weighted by molar-refractivity contribution is 4.60. The summed E-state index contributed by atoms with van der Waals surface area (Å²) in [5.74, 6) is 2.84. The Balaban J connectivity index is 3.24. The van der Waals surface area contributed by atoms with Crippen LogP contribution in [0.3, 0.4) is 0 Å². The largest absolute Gasteiger partial charge is 0.0654 e. The van der Waals surface area contributed by atoms with Crippen molar-refractivity contribution in [2.45, 2.75) is 240 Å². The maximum atomic E-state index is 2.51. The summed E-state index contributed by atoms with van der Waals surface area (Å²) in [5, 5.41) is 0. The van der Waals surface area contributed by atoms with E-state index in [-0.39, 0.29) is 0 Å². The van der Waals surface area contributed by atoms with Gasteiger partial charge in [-0.3, -0.25) is 0 Å². The summed E-state index contributed by atoms with van der Waals surface area (Å²) in [7, 11) is 0. The molecular weight excluding hydrogens is 480 g/mol. The summed E-state index contributed by atoms with van der Waals surface area (Å²) in [4.78, 5) is 0. The van der Waals surface area contributed by atoms with E-state index >= 15 is 0 Å². The van der Waals surface area contributed by atoms with E-state index in [1.807, 2.05) is 0 Å². The Kier molecular flexibility index (Phi) is 33.5. The third-order valence-electron chi connectivity index (χ3n) is 10.0. The quantitative estimate of drug-likeness (QED) is 0.0684. The number of rotatable bonds is 34. The van der Waals surface area contributed by atoms with Crippen LogP contribution >= 0.6 is 0 Å². The van der Waals surface area contributed by atoms with Crippen molar-refractivity contribution in [2.75, 3.05) is 0 Å². The van der Waals surface area contributed by atoms with Gasteiger partial charge in [0.2, 0.25) is 0 Å². The van der Waals surface area contributed by atoms with Crippen molar-refractivity contribution in [1.82, 2.24) is 0 Å². The van der Waals surface area contributed by atoms with Crippen LogP contribution in [-0.2, 0) is 0 Å². The summed E-state index contributed by atoms with van der Waals surface area (Å²) >= 11 is 0. The second kappa shape index (κ2) is 33.5. The van der Waals surface area contributed by atoms with Crippen LogP contribution in [-0.4, -0.2) is 0 Å². The predicted octanol–water partition coefficient (Wildman–Crippen LogP) is 15.4. The van der Waals surface area contributed by atoms with Crippen LogP contribution in [0.25, 0.3) is 0 Å². The van der Waals surface area contributed by atoms with Gasteiger partial charge in [-0.25, -0.2) is 0 Å². The van der Waals surface area contributed by atoms with E-state index in [1.54, 1.807) is 0 Å². The minimum Gasteiger partial charge on any atom is -0.0654 e. The van der Waals surface area contributed by atoms with Gasteiger partial charge < -0.3 is 0 Å². The molecule has 0 fully saturated rings. The molecule has 0 aromatic heterocycles. The zero-order chi connectivity index (χ0) is 29.4. The molecule has 3 atom stereocenters. The Labute approximate surface area is 257 Å². The molecule has 0 radical (unpaired) electrons. The normalized spacial score (nSPS) is 14.0. The van der Waals surface area contributed by atoms with Gasteiger partial charge in [0.05, 0.1) is 0 Å². The van der Waals surface area contributed by atoms with Crippen LogP contribution in [0.1, 0.15) is 240 Å². The molecule has 0 saturated heterocycles. The first-order valence-corrected chi connectivity index (χ1v) is 19.6. The number of hydrogen-bond acceptors (Lipinski definition) is 0. The molecule has 0 aromatic rings. The van der Waals surface area contributed by atoms with Gasteiger partial charge >= 0.3 is 0 Å². The number of hydrogen-bond donors (Lipinski definition) is 0. The fourth-order valence-electron chi connectivity index (χ4n) is 6.57. The van der Waals surface area contributed by atoms with Crippen LogP contribution in [0.2, 0.25) is 0 Å². The molecule has 0 amide bonds. The molecule has 0 aromatic carbocycles. The van der Waals surface area contributed by atoms with Gasteiger partial charge in [0.1, 0.15) is 0 Å². The topological polar surface area (TPSA) is 0 Å². The third-order valence-corrected chi connectivity index (χ3v) is 10.0. The van der Waals surface area contributed by atoms with Gasteiger partial charge in [-0.05, 0) is 17.8 Å². The molecule has 0 aliphatic carbocycles. The van der Waals surface area contributed by atoms with Gasteiger partial charge in [-0.1, -0.05) is 240 Å². The Morgan fingerprint density at radius 2 is 0.475 bits per heavy atom. The van der Waals surface area contributed by atoms with Crippen LogP contribution in [0, 0.1) is 17.8 Å². The molecule has 0 aliphatic rings. The van der Waals surface area contributed by atoms with Crippen molar-refractivity contribution in [3.05, 3.63) is 0 Å². The molecule has 0 heterocycles. The van der Waals surface area contributed by atoms with Crippen LogP contribution in [0.5, 0.6) is 0 Å². The Morgan fingerprint density at radius 3 is 0.750 bits per heavy atom. The van der Waals surface area contributed by atoms with E-state index in [4.69, 9.17) is 0 Å². The second-order valence-electron chi connectivity index (χ2n) is 14.5. The van der Waals surface area contributed by atoms with Crippen LogP contribution in [0.4, 0.5) is 0 Å².